The van der Waals surface area contributed by atoms with Crippen molar-refractivity contribution in [1.82, 2.24) is 0 Å². The molecule has 9 heteroatoms. The Hall–Kier alpha value is -4.27. The summed E-state index contributed by atoms with van der Waals surface area (Å²) < 4.78 is 32.9. The van der Waals surface area contributed by atoms with Gasteiger partial charge < -0.3 is 10.1 Å². The Morgan fingerprint density at radius 3 is 2.48 bits per heavy atom. The van der Waals surface area contributed by atoms with Gasteiger partial charge in [0.2, 0.25) is 6.79 Å². The summed E-state index contributed by atoms with van der Waals surface area (Å²) in [4.78, 5) is 27.2. The zero-order chi connectivity index (χ0) is 23.5. The molecule has 0 saturated heterocycles. The second-order valence-electron chi connectivity index (χ2n) is 7.33. The number of carbonyl (C=O) groups excluding carboxylic acids is 1. The summed E-state index contributed by atoms with van der Waals surface area (Å²) in [6, 6.07) is 17.0. The Balaban J connectivity index is 1.70. The fourth-order valence-corrected chi connectivity index (χ4v) is 3.82. The highest BCUT2D eigenvalue weighted by atomic mass is 19.1. The Bertz CT molecular complexity index is 1260. The summed E-state index contributed by atoms with van der Waals surface area (Å²) in [5.74, 6) is -1.77. The van der Waals surface area contributed by atoms with E-state index in [1.807, 2.05) is 0 Å². The standard InChI is InChI=1S/C24H18F2N2O5/c1-14-22(24(29)32-13-33-28(30)31)19-12-17(25)10-11-21(19)27-23(14)16-8-6-15(7-9-16)18-4-2-3-5-20(18)26/h2-12,23,27H,13H2,1H3. The molecule has 33 heavy (non-hydrogen) atoms. The van der Waals surface area contributed by atoms with Crippen molar-refractivity contribution in [3.63, 3.8) is 0 Å². The van der Waals surface area contributed by atoms with Gasteiger partial charge in [0.15, 0.2) is 0 Å². The molecule has 1 aliphatic heterocycles. The van der Waals surface area contributed by atoms with Crippen molar-refractivity contribution in [1.29, 1.82) is 0 Å². The molecule has 0 fully saturated rings. The Morgan fingerprint density at radius 2 is 1.79 bits per heavy atom. The molecule has 0 radical (unpaired) electrons. The van der Waals surface area contributed by atoms with E-state index in [4.69, 9.17) is 4.74 Å². The predicted molar refractivity (Wildman–Crippen MR) is 116 cm³/mol. The van der Waals surface area contributed by atoms with Gasteiger partial charge in [0.1, 0.15) is 11.6 Å². The molecule has 0 bridgehead atoms. The van der Waals surface area contributed by atoms with Crippen molar-refractivity contribution in [3.8, 4) is 11.1 Å². The summed E-state index contributed by atoms with van der Waals surface area (Å²) >= 11 is 0. The van der Waals surface area contributed by atoms with Crippen molar-refractivity contribution >= 4 is 17.2 Å². The van der Waals surface area contributed by atoms with Gasteiger partial charge in [-0.1, -0.05) is 42.5 Å². The van der Waals surface area contributed by atoms with Gasteiger partial charge in [-0.2, -0.15) is 0 Å². The Kier molecular flexibility index (Phi) is 6.03. The minimum atomic E-state index is -1.08. The topological polar surface area (TPSA) is 90.7 Å². The van der Waals surface area contributed by atoms with Gasteiger partial charge in [0.25, 0.3) is 5.09 Å². The number of benzene rings is 3. The second-order valence-corrected chi connectivity index (χ2v) is 7.33. The van der Waals surface area contributed by atoms with Crippen LogP contribution in [0.1, 0.15) is 24.1 Å². The molecule has 3 aromatic rings. The zero-order valence-electron chi connectivity index (χ0n) is 17.4. The predicted octanol–water partition coefficient (Wildman–Crippen LogP) is 5.28. The van der Waals surface area contributed by atoms with Gasteiger partial charge in [0.05, 0.1) is 11.6 Å². The molecule has 1 N–H and O–H groups in total. The number of hydrogen-bond donors (Lipinski definition) is 1. The van der Waals surface area contributed by atoms with Gasteiger partial charge in [-0.05, 0) is 47.9 Å². The fourth-order valence-electron chi connectivity index (χ4n) is 3.82. The van der Waals surface area contributed by atoms with Crippen LogP contribution in [0.4, 0.5) is 14.5 Å². The van der Waals surface area contributed by atoms with Crippen molar-refractivity contribution in [3.05, 3.63) is 105 Å². The van der Waals surface area contributed by atoms with E-state index in [9.17, 15) is 23.7 Å². The van der Waals surface area contributed by atoms with Crippen LogP contribution in [0.15, 0.2) is 72.3 Å². The molecule has 0 saturated carbocycles. The van der Waals surface area contributed by atoms with Crippen LogP contribution < -0.4 is 5.32 Å². The van der Waals surface area contributed by atoms with Crippen LogP contribution in [0.3, 0.4) is 0 Å². The number of esters is 1. The minimum Gasteiger partial charge on any atom is -0.434 e. The van der Waals surface area contributed by atoms with Crippen LogP contribution in [0.25, 0.3) is 16.7 Å². The van der Waals surface area contributed by atoms with Gasteiger partial charge in [-0.3, -0.25) is 4.84 Å². The lowest BCUT2D eigenvalue weighted by Gasteiger charge is -2.30. The van der Waals surface area contributed by atoms with E-state index in [0.29, 0.717) is 22.4 Å². The van der Waals surface area contributed by atoms with Crippen LogP contribution in [0.2, 0.25) is 0 Å². The molecule has 1 heterocycles. The highest BCUT2D eigenvalue weighted by Crippen LogP contribution is 2.41. The van der Waals surface area contributed by atoms with Crippen LogP contribution in [-0.4, -0.2) is 17.8 Å². The Labute approximate surface area is 187 Å². The highest BCUT2D eigenvalue weighted by Gasteiger charge is 2.30. The number of hydrogen-bond acceptors (Lipinski definition) is 6. The van der Waals surface area contributed by atoms with E-state index in [1.54, 1.807) is 49.4 Å². The third-order valence-electron chi connectivity index (χ3n) is 5.36. The van der Waals surface area contributed by atoms with E-state index >= 15 is 0 Å². The van der Waals surface area contributed by atoms with Gasteiger partial charge in [-0.25, -0.2) is 13.6 Å². The molecule has 1 aliphatic rings. The number of fused-ring (bicyclic) bond motifs is 1. The summed E-state index contributed by atoms with van der Waals surface area (Å²) in [5, 5.41) is 12.5. The van der Waals surface area contributed by atoms with Gasteiger partial charge >= 0.3 is 5.97 Å². The van der Waals surface area contributed by atoms with Gasteiger partial charge in [0, 0.05) is 16.8 Å². The molecule has 168 valence electrons. The maximum absolute atomic E-state index is 14.1. The third kappa shape index (κ3) is 4.52. The minimum absolute atomic E-state index is 0.0818. The maximum Gasteiger partial charge on any atom is 0.340 e. The summed E-state index contributed by atoms with van der Waals surface area (Å²) in [6.07, 6.45) is 0. The lowest BCUT2D eigenvalue weighted by Crippen LogP contribution is -2.23. The Morgan fingerprint density at radius 1 is 1.06 bits per heavy atom. The van der Waals surface area contributed by atoms with E-state index in [-0.39, 0.29) is 17.0 Å². The number of anilines is 1. The summed E-state index contributed by atoms with van der Waals surface area (Å²) in [6.45, 7) is 0.796. The van der Waals surface area contributed by atoms with Crippen LogP contribution in [0, 0.1) is 21.7 Å². The van der Waals surface area contributed by atoms with E-state index in [2.05, 4.69) is 10.2 Å². The summed E-state index contributed by atoms with van der Waals surface area (Å²) in [5.41, 5.74) is 3.30. The van der Waals surface area contributed by atoms with Crippen molar-refractivity contribution in [2.75, 3.05) is 12.1 Å². The van der Waals surface area contributed by atoms with Crippen LogP contribution in [-0.2, 0) is 14.4 Å². The molecule has 7 nitrogen and oxygen atoms in total. The summed E-state index contributed by atoms with van der Waals surface area (Å²) in [7, 11) is 0. The number of nitrogens with zero attached hydrogens (tertiary/aromatic N) is 1. The normalized spacial score (nSPS) is 14.8. The van der Waals surface area contributed by atoms with E-state index < -0.39 is 29.7 Å². The molecule has 4 rings (SSSR count). The zero-order valence-corrected chi connectivity index (χ0v) is 17.4. The number of nitrogens with one attached hydrogen (secondary N) is 1. The van der Waals surface area contributed by atoms with E-state index in [0.717, 1.165) is 5.56 Å². The first kappa shape index (κ1) is 21.9. The number of ether oxygens (including phenoxy) is 1. The average Bonchev–Trinajstić information content (AvgIpc) is 2.79. The van der Waals surface area contributed by atoms with Crippen molar-refractivity contribution < 1.29 is 28.2 Å². The van der Waals surface area contributed by atoms with Crippen LogP contribution >= 0.6 is 0 Å². The lowest BCUT2D eigenvalue weighted by atomic mass is 9.86. The van der Waals surface area contributed by atoms with Gasteiger partial charge in [-0.15, -0.1) is 10.1 Å². The maximum atomic E-state index is 14.1. The first-order valence-electron chi connectivity index (χ1n) is 9.91. The molecular weight excluding hydrogens is 434 g/mol. The molecule has 0 spiro atoms. The number of halogens is 2. The number of carbonyl (C=O) groups is 1. The monoisotopic (exact) mass is 452 g/mol. The van der Waals surface area contributed by atoms with Crippen LogP contribution in [0.5, 0.6) is 0 Å². The SMILES string of the molecule is CC1=C(C(=O)OCO[N+](=O)[O-])c2cc(F)ccc2NC1c1ccc(-c2ccccc2F)cc1. The lowest BCUT2D eigenvalue weighted by molar-refractivity contribution is -0.765. The first-order chi connectivity index (χ1) is 15.8. The number of rotatable bonds is 6. The molecule has 0 amide bonds. The largest absolute Gasteiger partial charge is 0.434 e. The molecule has 0 aliphatic carbocycles. The highest BCUT2D eigenvalue weighted by molar-refractivity contribution is 6.20. The molecular formula is C24H18F2N2O5. The third-order valence-corrected chi connectivity index (χ3v) is 5.36. The first-order valence-corrected chi connectivity index (χ1v) is 9.91. The average molecular weight is 452 g/mol. The molecule has 0 aromatic heterocycles. The quantitative estimate of drug-likeness (QED) is 0.237. The molecule has 1 unspecified atom stereocenters. The molecule has 3 aromatic carbocycles. The fraction of sp³-hybridized carbons (Fsp3) is 0.125. The van der Waals surface area contributed by atoms with Crippen molar-refractivity contribution in [2.24, 2.45) is 0 Å². The smallest absolute Gasteiger partial charge is 0.340 e. The van der Waals surface area contributed by atoms with Crippen molar-refractivity contribution in [2.45, 2.75) is 13.0 Å². The molecule has 1 atom stereocenters. The van der Waals surface area contributed by atoms with E-state index in [1.165, 1.54) is 24.3 Å². The second kappa shape index (κ2) is 9.07.